The molecule has 19 heavy (non-hydrogen) atoms. The molecule has 5 aliphatic rings. The second-order valence-corrected chi connectivity index (χ2v) is 7.36. The lowest BCUT2D eigenvalue weighted by molar-refractivity contribution is -0.0156. The van der Waals surface area contributed by atoms with Gasteiger partial charge in [0.05, 0.1) is 13.2 Å². The molecule has 4 bridgehead atoms. The Hall–Kier alpha value is -0.120. The van der Waals surface area contributed by atoms with E-state index in [0.29, 0.717) is 0 Å². The zero-order valence-electron chi connectivity index (χ0n) is 12.0. The molecule has 5 rings (SSSR count). The highest BCUT2D eigenvalue weighted by molar-refractivity contribution is 5.01. The number of hydrogen-bond donors (Lipinski definition) is 1. The third-order valence-corrected chi connectivity index (χ3v) is 6.14. The Morgan fingerprint density at radius 2 is 1.53 bits per heavy atom. The maximum absolute atomic E-state index is 5.41. The van der Waals surface area contributed by atoms with Crippen molar-refractivity contribution in [3.8, 4) is 0 Å². The van der Waals surface area contributed by atoms with Crippen LogP contribution in [0.4, 0.5) is 0 Å². The molecule has 108 valence electrons. The Labute approximate surface area is 117 Å². The van der Waals surface area contributed by atoms with Crippen molar-refractivity contribution in [1.29, 1.82) is 0 Å². The van der Waals surface area contributed by atoms with Crippen molar-refractivity contribution in [3.63, 3.8) is 0 Å². The lowest BCUT2D eigenvalue weighted by Crippen LogP contribution is -2.55. The molecule has 0 amide bonds. The van der Waals surface area contributed by atoms with Crippen LogP contribution < -0.4 is 5.32 Å². The summed E-state index contributed by atoms with van der Waals surface area (Å²) in [6, 6.07) is 0.855. The lowest BCUT2D eigenvalue weighted by Gasteiger charge is -2.54. The van der Waals surface area contributed by atoms with E-state index in [9.17, 15) is 0 Å². The van der Waals surface area contributed by atoms with E-state index < -0.39 is 0 Å². The molecule has 5 fully saturated rings. The van der Waals surface area contributed by atoms with Gasteiger partial charge in [0, 0.05) is 32.2 Å². The minimum absolute atomic E-state index is 0.855. The van der Waals surface area contributed by atoms with Crippen molar-refractivity contribution in [2.45, 2.75) is 38.1 Å². The van der Waals surface area contributed by atoms with Crippen molar-refractivity contribution in [3.05, 3.63) is 0 Å². The average molecular weight is 264 g/mol. The van der Waals surface area contributed by atoms with Crippen LogP contribution in [0.5, 0.6) is 0 Å². The summed E-state index contributed by atoms with van der Waals surface area (Å²) < 4.78 is 5.41. The van der Waals surface area contributed by atoms with Gasteiger partial charge in [0.1, 0.15) is 0 Å². The van der Waals surface area contributed by atoms with Crippen LogP contribution in [0.15, 0.2) is 0 Å². The van der Waals surface area contributed by atoms with Gasteiger partial charge in [0.2, 0.25) is 0 Å². The Morgan fingerprint density at radius 3 is 2.16 bits per heavy atom. The zero-order chi connectivity index (χ0) is 12.7. The van der Waals surface area contributed by atoms with Crippen molar-refractivity contribution in [1.82, 2.24) is 10.2 Å². The van der Waals surface area contributed by atoms with Crippen molar-refractivity contribution < 1.29 is 4.74 Å². The van der Waals surface area contributed by atoms with E-state index in [0.717, 1.165) is 56.0 Å². The van der Waals surface area contributed by atoms with Crippen LogP contribution >= 0.6 is 0 Å². The van der Waals surface area contributed by atoms with Gasteiger partial charge in [-0.2, -0.15) is 0 Å². The summed E-state index contributed by atoms with van der Waals surface area (Å²) in [5.41, 5.74) is 0. The first-order chi connectivity index (χ1) is 9.38. The Bertz CT molecular complexity index is 286. The molecule has 0 radical (unpaired) electrons. The molecule has 4 aliphatic carbocycles. The van der Waals surface area contributed by atoms with Gasteiger partial charge < -0.3 is 10.1 Å². The monoisotopic (exact) mass is 264 g/mol. The molecule has 0 aromatic carbocycles. The van der Waals surface area contributed by atoms with Gasteiger partial charge in [-0.3, -0.25) is 4.90 Å². The molecule has 0 atom stereocenters. The van der Waals surface area contributed by atoms with E-state index in [1.165, 1.54) is 38.8 Å². The van der Waals surface area contributed by atoms with E-state index in [4.69, 9.17) is 4.74 Å². The quantitative estimate of drug-likeness (QED) is 0.837. The SMILES string of the molecule is C(CN1CCOCC1)NC1C2CC3CC(C2)CC1C3. The molecule has 0 aromatic heterocycles. The maximum atomic E-state index is 5.41. The third kappa shape index (κ3) is 2.57. The summed E-state index contributed by atoms with van der Waals surface area (Å²) in [4.78, 5) is 2.55. The number of nitrogens with one attached hydrogen (secondary N) is 1. The van der Waals surface area contributed by atoms with Crippen molar-refractivity contribution >= 4 is 0 Å². The minimum Gasteiger partial charge on any atom is -0.379 e. The number of morpholine rings is 1. The molecule has 0 spiro atoms. The van der Waals surface area contributed by atoms with Crippen LogP contribution in [0.2, 0.25) is 0 Å². The predicted octanol–water partition coefficient (Wildman–Crippen LogP) is 1.73. The van der Waals surface area contributed by atoms with Crippen LogP contribution in [0.1, 0.15) is 32.1 Å². The molecular weight excluding hydrogens is 236 g/mol. The van der Waals surface area contributed by atoms with Gasteiger partial charge in [0.25, 0.3) is 0 Å². The maximum Gasteiger partial charge on any atom is 0.0594 e. The van der Waals surface area contributed by atoms with Crippen LogP contribution in [0.25, 0.3) is 0 Å². The van der Waals surface area contributed by atoms with Gasteiger partial charge in [-0.05, 0) is 55.8 Å². The van der Waals surface area contributed by atoms with Crippen LogP contribution in [0.3, 0.4) is 0 Å². The molecule has 0 aromatic rings. The van der Waals surface area contributed by atoms with Gasteiger partial charge in [-0.1, -0.05) is 0 Å². The highest BCUT2D eigenvalue weighted by atomic mass is 16.5. The second-order valence-electron chi connectivity index (χ2n) is 7.36. The summed E-state index contributed by atoms with van der Waals surface area (Å²) in [6.07, 6.45) is 7.68. The second kappa shape index (κ2) is 5.34. The fraction of sp³-hybridized carbons (Fsp3) is 1.00. The normalized spacial score (nSPS) is 45.8. The topological polar surface area (TPSA) is 24.5 Å². The first-order valence-electron chi connectivity index (χ1n) is 8.42. The molecule has 1 heterocycles. The fourth-order valence-corrected chi connectivity index (χ4v) is 5.47. The number of rotatable bonds is 4. The standard InChI is InChI=1S/C16H28N2O/c1(2-18-3-5-19-6-4-18)17-16-14-8-12-7-13(10-14)11-15(16)9-12/h12-17H,1-11H2. The fourth-order valence-electron chi connectivity index (χ4n) is 5.47. The molecule has 4 saturated carbocycles. The average Bonchev–Trinajstić information content (AvgIpc) is 2.42. The van der Waals surface area contributed by atoms with Gasteiger partial charge in [-0.25, -0.2) is 0 Å². The molecule has 1 saturated heterocycles. The van der Waals surface area contributed by atoms with E-state index in [2.05, 4.69) is 10.2 Å². The summed E-state index contributed by atoms with van der Waals surface area (Å²) in [5, 5.41) is 3.93. The highest BCUT2D eigenvalue weighted by Crippen LogP contribution is 2.53. The van der Waals surface area contributed by atoms with Gasteiger partial charge in [0.15, 0.2) is 0 Å². The number of hydrogen-bond acceptors (Lipinski definition) is 3. The molecule has 3 nitrogen and oxygen atoms in total. The summed E-state index contributed by atoms with van der Waals surface area (Å²) in [7, 11) is 0. The lowest BCUT2D eigenvalue weighted by atomic mass is 9.54. The molecule has 1 N–H and O–H groups in total. The first-order valence-corrected chi connectivity index (χ1v) is 8.42. The summed E-state index contributed by atoms with van der Waals surface area (Å²) >= 11 is 0. The van der Waals surface area contributed by atoms with Gasteiger partial charge in [-0.15, -0.1) is 0 Å². The van der Waals surface area contributed by atoms with Crippen LogP contribution in [-0.4, -0.2) is 50.3 Å². The molecule has 3 heteroatoms. The van der Waals surface area contributed by atoms with E-state index in [1.807, 2.05) is 0 Å². The van der Waals surface area contributed by atoms with E-state index in [1.54, 1.807) is 6.42 Å². The highest BCUT2D eigenvalue weighted by Gasteiger charge is 2.47. The molecule has 0 unspecified atom stereocenters. The predicted molar refractivity (Wildman–Crippen MR) is 76.1 cm³/mol. The van der Waals surface area contributed by atoms with Crippen molar-refractivity contribution in [2.75, 3.05) is 39.4 Å². The number of ether oxygens (including phenoxy) is 1. The van der Waals surface area contributed by atoms with E-state index >= 15 is 0 Å². The first kappa shape index (κ1) is 12.6. The Morgan fingerprint density at radius 1 is 0.895 bits per heavy atom. The van der Waals surface area contributed by atoms with Crippen molar-refractivity contribution in [2.24, 2.45) is 23.7 Å². The minimum atomic E-state index is 0.855. The zero-order valence-corrected chi connectivity index (χ0v) is 12.0. The Balaban J connectivity index is 1.26. The summed E-state index contributed by atoms with van der Waals surface area (Å²) in [5.74, 6) is 4.22. The Kier molecular flexibility index (Phi) is 3.55. The largest absolute Gasteiger partial charge is 0.379 e. The smallest absolute Gasteiger partial charge is 0.0594 e. The van der Waals surface area contributed by atoms with E-state index in [-0.39, 0.29) is 0 Å². The molecular formula is C16H28N2O. The summed E-state index contributed by atoms with van der Waals surface area (Å²) in [6.45, 7) is 6.52. The third-order valence-electron chi connectivity index (χ3n) is 6.14. The van der Waals surface area contributed by atoms with Crippen LogP contribution in [-0.2, 0) is 4.74 Å². The van der Waals surface area contributed by atoms with Gasteiger partial charge >= 0.3 is 0 Å². The molecule has 1 aliphatic heterocycles. The van der Waals surface area contributed by atoms with Crippen LogP contribution in [0, 0.1) is 23.7 Å². The number of nitrogens with zero attached hydrogens (tertiary/aromatic N) is 1.